The summed E-state index contributed by atoms with van der Waals surface area (Å²) in [6.07, 6.45) is -4.19. The van der Waals surface area contributed by atoms with Crippen LogP contribution in [-0.2, 0) is 23.7 Å². The lowest BCUT2D eigenvalue weighted by Crippen LogP contribution is -2.41. The second-order valence-corrected chi connectivity index (χ2v) is 9.68. The van der Waals surface area contributed by atoms with Crippen LogP contribution in [0.3, 0.4) is 0 Å². The summed E-state index contributed by atoms with van der Waals surface area (Å²) in [5.74, 6) is 0. The highest BCUT2D eigenvalue weighted by Gasteiger charge is 2.45. The molecular formula is C20H30N2O9. The molecule has 0 unspecified atom stereocenters. The zero-order chi connectivity index (χ0) is 23.4. The van der Waals surface area contributed by atoms with Gasteiger partial charge in [0.05, 0.1) is 19.8 Å². The third-order valence-electron chi connectivity index (χ3n) is 3.93. The molecule has 0 aliphatic carbocycles. The number of nitrogens with zero attached hydrogens (tertiary/aromatic N) is 1. The van der Waals surface area contributed by atoms with Crippen molar-refractivity contribution in [2.45, 2.75) is 60.0 Å². The number of aromatic amines is 1. The van der Waals surface area contributed by atoms with Gasteiger partial charge >= 0.3 is 18.0 Å². The summed E-state index contributed by atoms with van der Waals surface area (Å²) < 4.78 is 27.4. The van der Waals surface area contributed by atoms with E-state index in [2.05, 4.69) is 4.98 Å². The Hall–Kier alpha value is -2.82. The number of nitrogens with one attached hydrogen (secondary N) is 1. The van der Waals surface area contributed by atoms with Crippen LogP contribution in [0.15, 0.2) is 21.9 Å². The fourth-order valence-electron chi connectivity index (χ4n) is 2.52. The molecule has 174 valence electrons. The van der Waals surface area contributed by atoms with Gasteiger partial charge in [-0.05, 0) is 10.8 Å². The SMILES string of the molecule is CC(C)(C)COC(=O)O[C@H]1[C@H](n2ccc(=O)[nH]c2=O)OC[C@H]1OC(=O)OCC(C)(C)C. The van der Waals surface area contributed by atoms with E-state index in [1.807, 2.05) is 41.5 Å². The van der Waals surface area contributed by atoms with Gasteiger partial charge in [0.1, 0.15) is 0 Å². The van der Waals surface area contributed by atoms with Gasteiger partial charge in [-0.1, -0.05) is 41.5 Å². The standard InChI is InChI=1S/C20H30N2O9/c1-19(2,3)10-28-17(25)30-12-9-27-15(22-8-7-13(23)21-16(22)24)14(12)31-18(26)29-11-20(4,5)6/h7-8,12,14-15H,9-11H2,1-6H3,(H,21,23,24)/t12-,14-,15-/m1/s1. The van der Waals surface area contributed by atoms with Gasteiger partial charge in [0.25, 0.3) is 5.56 Å². The Balaban J connectivity index is 2.18. The lowest BCUT2D eigenvalue weighted by Gasteiger charge is -2.25. The lowest BCUT2D eigenvalue weighted by molar-refractivity contribution is -0.0704. The van der Waals surface area contributed by atoms with Gasteiger partial charge in [-0.3, -0.25) is 14.3 Å². The maximum atomic E-state index is 12.2. The first-order valence-electron chi connectivity index (χ1n) is 9.85. The van der Waals surface area contributed by atoms with Gasteiger partial charge in [0.2, 0.25) is 0 Å². The molecule has 2 heterocycles. The Morgan fingerprint density at radius 3 is 2.10 bits per heavy atom. The number of rotatable bonds is 5. The van der Waals surface area contributed by atoms with Gasteiger partial charge in [-0.15, -0.1) is 0 Å². The molecule has 1 saturated heterocycles. The maximum Gasteiger partial charge on any atom is 0.508 e. The van der Waals surface area contributed by atoms with Crippen molar-refractivity contribution < 1.29 is 33.3 Å². The second kappa shape index (κ2) is 9.54. The van der Waals surface area contributed by atoms with E-state index in [-0.39, 0.29) is 30.7 Å². The Morgan fingerprint density at radius 1 is 1.03 bits per heavy atom. The quantitative estimate of drug-likeness (QED) is 0.681. The molecule has 2 rings (SSSR count). The van der Waals surface area contributed by atoms with Crippen LogP contribution < -0.4 is 11.2 Å². The predicted molar refractivity (Wildman–Crippen MR) is 108 cm³/mol. The molecule has 1 aromatic rings. The first-order chi connectivity index (χ1) is 14.2. The van der Waals surface area contributed by atoms with Crippen LogP contribution >= 0.6 is 0 Å². The smallest absolute Gasteiger partial charge is 0.434 e. The van der Waals surface area contributed by atoms with Crippen LogP contribution in [0, 0.1) is 10.8 Å². The van der Waals surface area contributed by atoms with Crippen LogP contribution in [0.25, 0.3) is 0 Å². The van der Waals surface area contributed by atoms with E-state index in [9.17, 15) is 19.2 Å². The molecule has 0 aromatic carbocycles. The zero-order valence-corrected chi connectivity index (χ0v) is 18.6. The molecule has 0 bridgehead atoms. The summed E-state index contributed by atoms with van der Waals surface area (Å²) in [7, 11) is 0. The highest BCUT2D eigenvalue weighted by atomic mass is 16.8. The number of ether oxygens (including phenoxy) is 5. The zero-order valence-electron chi connectivity index (χ0n) is 18.6. The Bertz CT molecular complexity index is 891. The molecule has 31 heavy (non-hydrogen) atoms. The maximum absolute atomic E-state index is 12.2. The molecule has 1 aromatic heterocycles. The third kappa shape index (κ3) is 7.74. The molecule has 0 radical (unpaired) electrons. The minimum atomic E-state index is -1.21. The van der Waals surface area contributed by atoms with E-state index in [1.54, 1.807) is 0 Å². The van der Waals surface area contributed by atoms with Crippen LogP contribution in [0.1, 0.15) is 47.8 Å². The highest BCUT2D eigenvalue weighted by Crippen LogP contribution is 2.29. The fraction of sp³-hybridized carbons (Fsp3) is 0.700. The van der Waals surface area contributed by atoms with E-state index in [1.165, 1.54) is 6.20 Å². The normalized spacial score (nSPS) is 21.4. The molecule has 0 saturated carbocycles. The van der Waals surface area contributed by atoms with Crippen molar-refractivity contribution in [2.24, 2.45) is 10.8 Å². The van der Waals surface area contributed by atoms with Gasteiger partial charge in [-0.2, -0.15) is 0 Å². The molecule has 3 atom stereocenters. The molecule has 0 amide bonds. The molecule has 0 spiro atoms. The van der Waals surface area contributed by atoms with Crippen LogP contribution in [0.2, 0.25) is 0 Å². The minimum Gasteiger partial charge on any atom is -0.434 e. The highest BCUT2D eigenvalue weighted by molar-refractivity contribution is 5.61. The Kier molecular flexibility index (Phi) is 7.53. The number of hydrogen-bond acceptors (Lipinski definition) is 9. The molecule has 1 N–H and O–H groups in total. The molecule has 1 fully saturated rings. The van der Waals surface area contributed by atoms with Gasteiger partial charge in [0.15, 0.2) is 18.4 Å². The van der Waals surface area contributed by atoms with Crippen molar-refractivity contribution >= 4 is 12.3 Å². The number of carbonyl (C=O) groups is 2. The second-order valence-electron chi connectivity index (χ2n) is 9.68. The van der Waals surface area contributed by atoms with Crippen molar-refractivity contribution in [1.82, 2.24) is 9.55 Å². The predicted octanol–water partition coefficient (Wildman–Crippen LogP) is 2.20. The van der Waals surface area contributed by atoms with Crippen LogP contribution in [0.4, 0.5) is 9.59 Å². The molecule has 1 aliphatic rings. The van der Waals surface area contributed by atoms with E-state index >= 15 is 0 Å². The Labute approximate surface area is 179 Å². The summed E-state index contributed by atoms with van der Waals surface area (Å²) >= 11 is 0. The first-order valence-corrected chi connectivity index (χ1v) is 9.85. The third-order valence-corrected chi connectivity index (χ3v) is 3.93. The number of aromatic nitrogens is 2. The molecular weight excluding hydrogens is 412 g/mol. The van der Waals surface area contributed by atoms with E-state index < -0.39 is 42.0 Å². The summed E-state index contributed by atoms with van der Waals surface area (Å²) in [6.45, 7) is 11.3. The number of H-pyrrole nitrogens is 1. The first kappa shape index (κ1) is 24.4. The summed E-state index contributed by atoms with van der Waals surface area (Å²) in [6, 6.07) is 1.12. The topological polar surface area (TPSA) is 135 Å². The van der Waals surface area contributed by atoms with Gasteiger partial charge < -0.3 is 23.7 Å². The fourth-order valence-corrected chi connectivity index (χ4v) is 2.52. The summed E-state index contributed by atoms with van der Waals surface area (Å²) in [5.41, 5.74) is -1.94. The summed E-state index contributed by atoms with van der Waals surface area (Å²) in [5, 5.41) is 0. The average Bonchev–Trinajstić information content (AvgIpc) is 2.99. The minimum absolute atomic E-state index is 0.0851. The monoisotopic (exact) mass is 442 g/mol. The van der Waals surface area contributed by atoms with Crippen molar-refractivity contribution in [3.8, 4) is 0 Å². The molecule has 11 heteroatoms. The van der Waals surface area contributed by atoms with Crippen molar-refractivity contribution in [2.75, 3.05) is 19.8 Å². The number of hydrogen-bond donors (Lipinski definition) is 1. The Morgan fingerprint density at radius 2 is 1.58 bits per heavy atom. The van der Waals surface area contributed by atoms with E-state index in [0.717, 1.165) is 10.6 Å². The van der Waals surface area contributed by atoms with Crippen molar-refractivity contribution in [1.29, 1.82) is 0 Å². The van der Waals surface area contributed by atoms with Crippen LogP contribution in [0.5, 0.6) is 0 Å². The van der Waals surface area contributed by atoms with Gasteiger partial charge in [0, 0.05) is 12.3 Å². The van der Waals surface area contributed by atoms with E-state index in [0.29, 0.717) is 0 Å². The number of carbonyl (C=O) groups excluding carboxylic acids is 2. The summed E-state index contributed by atoms with van der Waals surface area (Å²) in [4.78, 5) is 50.0. The molecule has 1 aliphatic heterocycles. The average molecular weight is 442 g/mol. The van der Waals surface area contributed by atoms with Gasteiger partial charge in [-0.25, -0.2) is 14.4 Å². The van der Waals surface area contributed by atoms with E-state index in [4.69, 9.17) is 23.7 Å². The lowest BCUT2D eigenvalue weighted by atomic mass is 9.99. The van der Waals surface area contributed by atoms with Crippen molar-refractivity contribution in [3.05, 3.63) is 33.1 Å². The van der Waals surface area contributed by atoms with Crippen LogP contribution in [-0.4, -0.2) is 53.9 Å². The van der Waals surface area contributed by atoms with Crippen molar-refractivity contribution in [3.63, 3.8) is 0 Å². The largest absolute Gasteiger partial charge is 0.508 e. The molecule has 11 nitrogen and oxygen atoms in total.